The van der Waals surface area contributed by atoms with Crippen molar-refractivity contribution in [1.29, 1.82) is 0 Å². The first-order chi connectivity index (χ1) is 10.2. The van der Waals surface area contributed by atoms with E-state index in [1.165, 1.54) is 49.7 Å². The molecule has 2 saturated carbocycles. The SMILES string of the molecule is CNC1CC(Oc2c(C)cccc2C)C12CCCCCC2. The van der Waals surface area contributed by atoms with Crippen molar-refractivity contribution in [2.24, 2.45) is 5.41 Å². The maximum absolute atomic E-state index is 6.55. The maximum atomic E-state index is 6.55. The van der Waals surface area contributed by atoms with E-state index in [0.29, 0.717) is 17.6 Å². The first kappa shape index (κ1) is 14.9. The third-order valence-corrected chi connectivity index (χ3v) is 5.84. The molecule has 2 nitrogen and oxygen atoms in total. The molecule has 0 amide bonds. The Kier molecular flexibility index (Phi) is 4.26. The van der Waals surface area contributed by atoms with E-state index >= 15 is 0 Å². The van der Waals surface area contributed by atoms with Crippen molar-refractivity contribution < 1.29 is 4.74 Å². The fraction of sp³-hybridized carbons (Fsp3) is 0.684. The zero-order valence-corrected chi connectivity index (χ0v) is 13.7. The Hall–Kier alpha value is -1.02. The summed E-state index contributed by atoms with van der Waals surface area (Å²) in [4.78, 5) is 0. The molecule has 0 saturated heterocycles. The first-order valence-electron chi connectivity index (χ1n) is 8.57. The van der Waals surface area contributed by atoms with E-state index < -0.39 is 0 Å². The van der Waals surface area contributed by atoms with Crippen molar-refractivity contribution in [2.45, 2.75) is 70.9 Å². The molecule has 0 radical (unpaired) electrons. The minimum Gasteiger partial charge on any atom is -0.489 e. The van der Waals surface area contributed by atoms with Gasteiger partial charge in [-0.3, -0.25) is 0 Å². The summed E-state index contributed by atoms with van der Waals surface area (Å²) in [6, 6.07) is 7.09. The monoisotopic (exact) mass is 287 g/mol. The Morgan fingerprint density at radius 1 is 1.05 bits per heavy atom. The van der Waals surface area contributed by atoms with Crippen molar-refractivity contribution in [3.8, 4) is 5.75 Å². The topological polar surface area (TPSA) is 21.3 Å². The van der Waals surface area contributed by atoms with Crippen LogP contribution in [0.1, 0.15) is 56.1 Å². The van der Waals surface area contributed by atoms with Crippen molar-refractivity contribution >= 4 is 0 Å². The zero-order valence-electron chi connectivity index (χ0n) is 13.7. The van der Waals surface area contributed by atoms with E-state index in [2.05, 4.69) is 44.4 Å². The Morgan fingerprint density at radius 3 is 2.24 bits per heavy atom. The lowest BCUT2D eigenvalue weighted by atomic mass is 9.58. The normalized spacial score (nSPS) is 28.0. The van der Waals surface area contributed by atoms with Gasteiger partial charge < -0.3 is 10.1 Å². The highest BCUT2D eigenvalue weighted by Gasteiger charge is 2.55. The lowest BCUT2D eigenvalue weighted by Gasteiger charge is -2.55. The smallest absolute Gasteiger partial charge is 0.125 e. The standard InChI is InChI=1S/C19H29NO/c1-14-9-8-10-15(2)18(14)21-17-13-16(20-3)19(17)11-6-4-5-7-12-19/h8-10,16-17,20H,4-7,11-13H2,1-3H3. The Morgan fingerprint density at radius 2 is 1.67 bits per heavy atom. The van der Waals surface area contributed by atoms with E-state index in [9.17, 15) is 0 Å². The molecular weight excluding hydrogens is 258 g/mol. The van der Waals surface area contributed by atoms with Gasteiger partial charge in [-0.05, 0) is 44.9 Å². The van der Waals surface area contributed by atoms with Gasteiger partial charge in [-0.1, -0.05) is 43.9 Å². The van der Waals surface area contributed by atoms with E-state index in [1.807, 2.05) is 0 Å². The van der Waals surface area contributed by atoms with Crippen LogP contribution in [0.4, 0.5) is 0 Å². The van der Waals surface area contributed by atoms with Gasteiger partial charge in [0.05, 0.1) is 0 Å². The second-order valence-electron chi connectivity index (χ2n) is 7.05. The average molecular weight is 287 g/mol. The minimum absolute atomic E-state index is 0.375. The molecule has 0 aromatic heterocycles. The van der Waals surface area contributed by atoms with Crippen LogP contribution in [-0.4, -0.2) is 19.2 Å². The van der Waals surface area contributed by atoms with Gasteiger partial charge in [0.2, 0.25) is 0 Å². The van der Waals surface area contributed by atoms with E-state index in [-0.39, 0.29) is 0 Å². The minimum atomic E-state index is 0.375. The van der Waals surface area contributed by atoms with Gasteiger partial charge in [0, 0.05) is 17.9 Å². The molecule has 2 aliphatic carbocycles. The van der Waals surface area contributed by atoms with E-state index in [0.717, 1.165) is 12.2 Å². The number of ether oxygens (including phenoxy) is 1. The molecule has 2 heteroatoms. The van der Waals surface area contributed by atoms with Gasteiger partial charge in [0.1, 0.15) is 11.9 Å². The lowest BCUT2D eigenvalue weighted by molar-refractivity contribution is -0.0887. The Balaban J connectivity index is 1.81. The highest BCUT2D eigenvalue weighted by Crippen LogP contribution is 2.52. The quantitative estimate of drug-likeness (QED) is 0.890. The molecule has 1 N–H and O–H groups in total. The summed E-state index contributed by atoms with van der Waals surface area (Å²) in [5.74, 6) is 1.13. The molecule has 3 rings (SSSR count). The maximum Gasteiger partial charge on any atom is 0.125 e. The fourth-order valence-corrected chi connectivity index (χ4v) is 4.50. The van der Waals surface area contributed by atoms with Crippen LogP contribution in [0, 0.1) is 19.3 Å². The van der Waals surface area contributed by atoms with E-state index in [1.54, 1.807) is 0 Å². The molecule has 2 unspecified atom stereocenters. The molecule has 0 aliphatic heterocycles. The summed E-state index contributed by atoms with van der Waals surface area (Å²) in [6.45, 7) is 4.33. The number of benzene rings is 1. The highest BCUT2D eigenvalue weighted by atomic mass is 16.5. The molecule has 1 aromatic carbocycles. The summed E-state index contributed by atoms with van der Waals surface area (Å²) < 4.78 is 6.55. The van der Waals surface area contributed by atoms with Crippen LogP contribution >= 0.6 is 0 Å². The molecule has 2 fully saturated rings. The molecule has 0 heterocycles. The second-order valence-corrected chi connectivity index (χ2v) is 7.05. The average Bonchev–Trinajstić information content (AvgIpc) is 2.73. The highest BCUT2D eigenvalue weighted by molar-refractivity contribution is 5.40. The van der Waals surface area contributed by atoms with Crippen LogP contribution in [0.3, 0.4) is 0 Å². The number of para-hydroxylation sites is 1. The van der Waals surface area contributed by atoms with Crippen molar-refractivity contribution in [1.82, 2.24) is 5.32 Å². The molecule has 0 bridgehead atoms. The predicted molar refractivity (Wildman–Crippen MR) is 87.9 cm³/mol. The number of rotatable bonds is 3. The second kappa shape index (κ2) is 6.00. The summed E-state index contributed by atoms with van der Waals surface area (Å²) in [6.07, 6.45) is 9.73. The van der Waals surface area contributed by atoms with Crippen molar-refractivity contribution in [3.63, 3.8) is 0 Å². The summed E-state index contributed by atoms with van der Waals surface area (Å²) in [7, 11) is 2.12. The predicted octanol–water partition coefficient (Wildman–Crippen LogP) is 4.38. The number of hydrogen-bond acceptors (Lipinski definition) is 2. The van der Waals surface area contributed by atoms with Gasteiger partial charge in [-0.25, -0.2) is 0 Å². The summed E-state index contributed by atoms with van der Waals surface area (Å²) in [5.41, 5.74) is 2.92. The summed E-state index contributed by atoms with van der Waals surface area (Å²) in [5, 5.41) is 3.55. The van der Waals surface area contributed by atoms with Crippen LogP contribution in [-0.2, 0) is 0 Å². The van der Waals surface area contributed by atoms with Gasteiger partial charge >= 0.3 is 0 Å². The molecule has 1 aromatic rings. The van der Waals surface area contributed by atoms with Crippen LogP contribution in [0.25, 0.3) is 0 Å². The Bertz CT molecular complexity index is 468. The molecule has 2 aliphatic rings. The fourth-order valence-electron chi connectivity index (χ4n) is 4.50. The molecular formula is C19H29NO. The van der Waals surface area contributed by atoms with Crippen LogP contribution < -0.4 is 10.1 Å². The number of hydrogen-bond donors (Lipinski definition) is 1. The van der Waals surface area contributed by atoms with E-state index in [4.69, 9.17) is 4.74 Å². The number of nitrogens with one attached hydrogen (secondary N) is 1. The van der Waals surface area contributed by atoms with Crippen LogP contribution in [0.2, 0.25) is 0 Å². The van der Waals surface area contributed by atoms with Crippen LogP contribution in [0.5, 0.6) is 5.75 Å². The molecule has 116 valence electrons. The number of aryl methyl sites for hydroxylation is 2. The van der Waals surface area contributed by atoms with Crippen molar-refractivity contribution in [3.05, 3.63) is 29.3 Å². The van der Waals surface area contributed by atoms with Gasteiger partial charge in [-0.2, -0.15) is 0 Å². The molecule has 2 atom stereocenters. The lowest BCUT2D eigenvalue weighted by Crippen LogP contribution is -2.64. The molecule has 21 heavy (non-hydrogen) atoms. The van der Waals surface area contributed by atoms with Gasteiger partial charge in [0.15, 0.2) is 0 Å². The first-order valence-corrected chi connectivity index (χ1v) is 8.57. The van der Waals surface area contributed by atoms with Crippen LogP contribution in [0.15, 0.2) is 18.2 Å². The largest absolute Gasteiger partial charge is 0.489 e. The van der Waals surface area contributed by atoms with Gasteiger partial charge in [0.25, 0.3) is 0 Å². The Labute approximate surface area is 129 Å². The van der Waals surface area contributed by atoms with Crippen molar-refractivity contribution in [2.75, 3.05) is 7.05 Å². The summed E-state index contributed by atoms with van der Waals surface area (Å²) >= 11 is 0. The van der Waals surface area contributed by atoms with Gasteiger partial charge in [-0.15, -0.1) is 0 Å². The molecule has 1 spiro atoms. The zero-order chi connectivity index (χ0) is 14.9. The third-order valence-electron chi connectivity index (χ3n) is 5.84. The third kappa shape index (κ3) is 2.59.